The molecule has 1 aromatic heterocycles. The Morgan fingerprint density at radius 2 is 2.40 bits per heavy atom. The Hall–Kier alpha value is -0.920. The van der Waals surface area contributed by atoms with Gasteiger partial charge in [0, 0.05) is 11.4 Å². The molecule has 7 heteroatoms. The highest BCUT2D eigenvalue weighted by Gasteiger charge is 2.05. The summed E-state index contributed by atoms with van der Waals surface area (Å²) >= 11 is -0.660. The molecule has 0 spiro atoms. The molecule has 5 nitrogen and oxygen atoms in total. The van der Waals surface area contributed by atoms with Crippen LogP contribution in [0.3, 0.4) is 0 Å². The van der Waals surface area contributed by atoms with E-state index >= 15 is 0 Å². The Morgan fingerprint density at radius 3 is 2.93 bits per heavy atom. The Labute approximate surface area is 93.7 Å². The zero-order valence-corrected chi connectivity index (χ0v) is 9.69. The molecule has 0 aliphatic rings. The summed E-state index contributed by atoms with van der Waals surface area (Å²) in [5, 5.41) is 2.53. The lowest BCUT2D eigenvalue weighted by Gasteiger charge is -2.00. The first-order chi connectivity index (χ1) is 7.13. The van der Waals surface area contributed by atoms with Crippen LogP contribution in [-0.2, 0) is 22.2 Å². The van der Waals surface area contributed by atoms with Gasteiger partial charge in [-0.1, -0.05) is 0 Å². The number of amides is 1. The molecule has 1 rings (SSSR count). The van der Waals surface area contributed by atoms with Gasteiger partial charge < -0.3 is 14.6 Å². The molecule has 2 N–H and O–H groups in total. The summed E-state index contributed by atoms with van der Waals surface area (Å²) in [6, 6.07) is 3.38. The smallest absolute Gasteiger partial charge is 0.406 e. The molecule has 0 saturated carbocycles. The summed E-state index contributed by atoms with van der Waals surface area (Å²) in [7, 11) is 1.30. The first kappa shape index (κ1) is 12.2. The van der Waals surface area contributed by atoms with Gasteiger partial charge in [-0.15, -0.1) is 11.3 Å². The molecule has 1 heterocycles. The highest BCUT2D eigenvalue weighted by molar-refractivity contribution is 7.81. The molecule has 15 heavy (non-hydrogen) atoms. The standard InChI is InChI=1S/C8H11NO4S2/c1-13-8(10)9-5-4-6-2-3-7(14-6)15(11)12/h2-3H,4-5H2,1H3,(H,9,10)(H,11,12). The Bertz CT molecular complexity index is 363. The fourth-order valence-corrected chi connectivity index (χ4v) is 2.47. The van der Waals surface area contributed by atoms with Gasteiger partial charge in [-0.25, -0.2) is 9.00 Å². The average molecular weight is 249 g/mol. The van der Waals surface area contributed by atoms with E-state index in [1.165, 1.54) is 18.4 Å². The van der Waals surface area contributed by atoms with Crippen LogP contribution in [0.4, 0.5) is 4.79 Å². The van der Waals surface area contributed by atoms with Gasteiger partial charge in [0.25, 0.3) is 0 Å². The molecule has 84 valence electrons. The van der Waals surface area contributed by atoms with Crippen molar-refractivity contribution in [3.05, 3.63) is 17.0 Å². The SMILES string of the molecule is COC(=O)NCCc1ccc(S(=O)O)s1. The number of thiophene rings is 1. The quantitative estimate of drug-likeness (QED) is 0.787. The van der Waals surface area contributed by atoms with Crippen molar-refractivity contribution < 1.29 is 18.3 Å². The van der Waals surface area contributed by atoms with Crippen molar-refractivity contribution in [1.29, 1.82) is 0 Å². The molecule has 0 aliphatic carbocycles. The van der Waals surface area contributed by atoms with Gasteiger partial charge in [0.15, 0.2) is 11.1 Å². The van der Waals surface area contributed by atoms with Crippen molar-refractivity contribution in [3.8, 4) is 0 Å². The molecular formula is C8H11NO4S2. The number of rotatable bonds is 4. The van der Waals surface area contributed by atoms with E-state index in [9.17, 15) is 9.00 Å². The van der Waals surface area contributed by atoms with Crippen LogP contribution in [0, 0.1) is 0 Å². The second-order valence-corrected chi connectivity index (χ2v) is 5.00. The lowest BCUT2D eigenvalue weighted by molar-refractivity contribution is 0.171. The second-order valence-electron chi connectivity index (χ2n) is 2.64. The fourth-order valence-electron chi connectivity index (χ4n) is 0.946. The minimum absolute atomic E-state index is 0.420. The van der Waals surface area contributed by atoms with Crippen LogP contribution >= 0.6 is 11.3 Å². The van der Waals surface area contributed by atoms with Crippen LogP contribution in [0.25, 0.3) is 0 Å². The van der Waals surface area contributed by atoms with Gasteiger partial charge >= 0.3 is 6.09 Å². The number of methoxy groups -OCH3 is 1. The summed E-state index contributed by atoms with van der Waals surface area (Å²) in [6.07, 6.45) is 0.147. The molecule has 0 fully saturated rings. The largest absolute Gasteiger partial charge is 0.453 e. The maximum Gasteiger partial charge on any atom is 0.406 e. The Kier molecular flexibility index (Phi) is 4.73. The molecule has 1 unspecified atom stereocenters. The molecular weight excluding hydrogens is 238 g/mol. The summed E-state index contributed by atoms with van der Waals surface area (Å²) < 4.78 is 24.3. The lowest BCUT2D eigenvalue weighted by atomic mass is 10.3. The summed E-state index contributed by atoms with van der Waals surface area (Å²) in [5.41, 5.74) is 0. The molecule has 1 atom stereocenters. The lowest BCUT2D eigenvalue weighted by Crippen LogP contribution is -2.24. The zero-order valence-electron chi connectivity index (χ0n) is 8.06. The normalized spacial score (nSPS) is 12.1. The van der Waals surface area contributed by atoms with Crippen molar-refractivity contribution in [3.63, 3.8) is 0 Å². The number of hydrogen-bond donors (Lipinski definition) is 2. The first-order valence-corrected chi connectivity index (χ1v) is 6.07. The van der Waals surface area contributed by atoms with E-state index in [0.717, 1.165) is 4.88 Å². The molecule has 1 amide bonds. The van der Waals surface area contributed by atoms with Gasteiger partial charge in [0.1, 0.15) is 4.21 Å². The number of ether oxygens (including phenoxy) is 1. The third kappa shape index (κ3) is 3.98. The van der Waals surface area contributed by atoms with E-state index < -0.39 is 17.2 Å². The fraction of sp³-hybridized carbons (Fsp3) is 0.375. The summed E-state index contributed by atoms with van der Waals surface area (Å²) in [4.78, 5) is 11.6. The number of alkyl carbamates (subject to hydrolysis) is 1. The van der Waals surface area contributed by atoms with Gasteiger partial charge in [-0.2, -0.15) is 0 Å². The van der Waals surface area contributed by atoms with E-state index in [4.69, 9.17) is 4.55 Å². The average Bonchev–Trinajstić information content (AvgIpc) is 2.66. The predicted octanol–water partition coefficient (Wildman–Crippen LogP) is 1.23. The number of carbonyl (C=O) groups is 1. The zero-order chi connectivity index (χ0) is 11.3. The molecule has 0 bridgehead atoms. The Morgan fingerprint density at radius 1 is 1.67 bits per heavy atom. The topological polar surface area (TPSA) is 75.6 Å². The highest BCUT2D eigenvalue weighted by Crippen LogP contribution is 2.19. The van der Waals surface area contributed by atoms with Crippen LogP contribution < -0.4 is 5.32 Å². The summed E-state index contributed by atoms with van der Waals surface area (Å²) in [6.45, 7) is 0.449. The van der Waals surface area contributed by atoms with Gasteiger partial charge in [-0.05, 0) is 18.6 Å². The number of nitrogens with one attached hydrogen (secondary N) is 1. The maximum absolute atomic E-state index is 10.7. The van der Waals surface area contributed by atoms with Crippen LogP contribution in [-0.4, -0.2) is 28.5 Å². The molecule has 0 aliphatic heterocycles. The van der Waals surface area contributed by atoms with Crippen LogP contribution in [0.1, 0.15) is 4.88 Å². The van der Waals surface area contributed by atoms with Crippen molar-refractivity contribution in [1.82, 2.24) is 5.32 Å². The molecule has 0 radical (unpaired) electrons. The first-order valence-electron chi connectivity index (χ1n) is 4.15. The van der Waals surface area contributed by atoms with Crippen molar-refractivity contribution in [2.45, 2.75) is 10.6 Å². The van der Waals surface area contributed by atoms with E-state index in [0.29, 0.717) is 17.2 Å². The maximum atomic E-state index is 10.7. The van der Waals surface area contributed by atoms with Crippen LogP contribution in [0.15, 0.2) is 16.3 Å². The van der Waals surface area contributed by atoms with Gasteiger partial charge in [-0.3, -0.25) is 0 Å². The summed E-state index contributed by atoms with van der Waals surface area (Å²) in [5.74, 6) is 0. The predicted molar refractivity (Wildman–Crippen MR) is 57.5 cm³/mol. The highest BCUT2D eigenvalue weighted by atomic mass is 32.2. The molecule has 1 aromatic rings. The Balaban J connectivity index is 2.38. The van der Waals surface area contributed by atoms with Gasteiger partial charge in [0.2, 0.25) is 0 Å². The van der Waals surface area contributed by atoms with E-state index in [1.807, 2.05) is 0 Å². The molecule has 0 aromatic carbocycles. The minimum Gasteiger partial charge on any atom is -0.453 e. The third-order valence-electron chi connectivity index (χ3n) is 1.64. The van der Waals surface area contributed by atoms with Crippen molar-refractivity contribution in [2.24, 2.45) is 0 Å². The van der Waals surface area contributed by atoms with Gasteiger partial charge in [0.05, 0.1) is 7.11 Å². The van der Waals surface area contributed by atoms with E-state index in [1.54, 1.807) is 12.1 Å². The van der Waals surface area contributed by atoms with E-state index in [-0.39, 0.29) is 0 Å². The number of carbonyl (C=O) groups excluding carboxylic acids is 1. The monoisotopic (exact) mass is 249 g/mol. The van der Waals surface area contributed by atoms with E-state index in [2.05, 4.69) is 10.1 Å². The third-order valence-corrected chi connectivity index (χ3v) is 3.73. The van der Waals surface area contributed by atoms with Crippen LogP contribution in [0.5, 0.6) is 0 Å². The van der Waals surface area contributed by atoms with Crippen LogP contribution in [0.2, 0.25) is 0 Å². The van der Waals surface area contributed by atoms with Crippen molar-refractivity contribution in [2.75, 3.05) is 13.7 Å². The van der Waals surface area contributed by atoms with Crippen molar-refractivity contribution >= 4 is 28.5 Å². The molecule has 0 saturated heterocycles. The number of hydrogen-bond acceptors (Lipinski definition) is 4. The minimum atomic E-state index is -1.92. The second kappa shape index (κ2) is 5.84.